The zero-order chi connectivity index (χ0) is 14.3. The second-order valence-corrected chi connectivity index (χ2v) is 5.55. The molecule has 1 N–H and O–H groups in total. The third-order valence-corrected chi connectivity index (χ3v) is 3.87. The second-order valence-electron chi connectivity index (χ2n) is 4.70. The number of aromatic carboxylic acids is 1. The maximum Gasteiger partial charge on any atom is 0.339 e. The highest BCUT2D eigenvalue weighted by Gasteiger charge is 2.30. The minimum absolute atomic E-state index is 0.128. The van der Waals surface area contributed by atoms with Gasteiger partial charge >= 0.3 is 5.97 Å². The summed E-state index contributed by atoms with van der Waals surface area (Å²) in [6.07, 6.45) is 3.16. The average Bonchev–Trinajstić information content (AvgIpc) is 3.25. The highest BCUT2D eigenvalue weighted by Crippen LogP contribution is 2.41. The van der Waals surface area contributed by atoms with Gasteiger partial charge in [0.1, 0.15) is 5.82 Å². The van der Waals surface area contributed by atoms with Crippen molar-refractivity contribution in [3.8, 4) is 11.4 Å². The van der Waals surface area contributed by atoms with E-state index in [2.05, 4.69) is 25.9 Å². The van der Waals surface area contributed by atoms with Crippen molar-refractivity contribution in [2.45, 2.75) is 18.8 Å². The number of carbonyl (C=O) groups is 1. The predicted molar refractivity (Wildman–Crippen MR) is 74.1 cm³/mol. The first kappa shape index (κ1) is 13.2. The number of hydrogen-bond acceptors (Lipinski definition) is 3. The highest BCUT2D eigenvalue weighted by atomic mass is 79.9. The van der Waals surface area contributed by atoms with E-state index >= 15 is 0 Å². The quantitative estimate of drug-likeness (QED) is 0.929. The molecule has 20 heavy (non-hydrogen) atoms. The Labute approximate surface area is 122 Å². The molecule has 102 valence electrons. The Morgan fingerprint density at radius 2 is 2.15 bits per heavy atom. The van der Waals surface area contributed by atoms with Crippen molar-refractivity contribution >= 4 is 21.9 Å². The predicted octanol–water partition coefficient (Wildman–Crippen LogP) is 3.62. The lowest BCUT2D eigenvalue weighted by Crippen LogP contribution is -2.07. The monoisotopic (exact) mass is 336 g/mol. The van der Waals surface area contributed by atoms with E-state index in [-0.39, 0.29) is 17.3 Å². The molecule has 1 aliphatic carbocycles. The Morgan fingerprint density at radius 3 is 2.80 bits per heavy atom. The summed E-state index contributed by atoms with van der Waals surface area (Å²) in [5.41, 5.74) is 1.19. The van der Waals surface area contributed by atoms with Crippen LogP contribution >= 0.6 is 15.9 Å². The van der Waals surface area contributed by atoms with Crippen molar-refractivity contribution in [3.05, 3.63) is 45.9 Å². The summed E-state index contributed by atoms with van der Waals surface area (Å²) in [6, 6.07) is 4.24. The number of nitrogens with zero attached hydrogens (tertiary/aromatic N) is 2. The summed E-state index contributed by atoms with van der Waals surface area (Å²) < 4.78 is 14.0. The minimum atomic E-state index is -1.03. The summed E-state index contributed by atoms with van der Waals surface area (Å²) in [5.74, 6) is -0.905. The number of carboxylic acids is 1. The molecule has 0 aliphatic heterocycles. The van der Waals surface area contributed by atoms with E-state index in [1.165, 1.54) is 18.3 Å². The van der Waals surface area contributed by atoms with Gasteiger partial charge in [-0.2, -0.15) is 0 Å². The Hall–Kier alpha value is -1.82. The lowest BCUT2D eigenvalue weighted by Gasteiger charge is -2.08. The zero-order valence-corrected chi connectivity index (χ0v) is 11.9. The molecule has 0 radical (unpaired) electrons. The summed E-state index contributed by atoms with van der Waals surface area (Å²) in [6.45, 7) is 0. The fourth-order valence-electron chi connectivity index (χ4n) is 2.03. The molecule has 1 aliphatic rings. The van der Waals surface area contributed by atoms with E-state index in [1.54, 1.807) is 6.07 Å². The van der Waals surface area contributed by atoms with Crippen molar-refractivity contribution in [1.29, 1.82) is 0 Å². The molecule has 1 aromatic carbocycles. The Bertz CT molecular complexity index is 702. The number of hydrogen-bond donors (Lipinski definition) is 1. The first-order chi connectivity index (χ1) is 9.56. The summed E-state index contributed by atoms with van der Waals surface area (Å²) in [4.78, 5) is 19.6. The molecule has 1 saturated carbocycles. The van der Waals surface area contributed by atoms with Crippen molar-refractivity contribution in [2.24, 2.45) is 0 Å². The topological polar surface area (TPSA) is 63.1 Å². The molecule has 0 unspecified atom stereocenters. The first-order valence-corrected chi connectivity index (χ1v) is 6.91. The molecule has 1 aromatic heterocycles. The van der Waals surface area contributed by atoms with Crippen LogP contribution in [-0.4, -0.2) is 21.0 Å². The first-order valence-electron chi connectivity index (χ1n) is 6.12. The molecule has 0 saturated heterocycles. The third-order valence-electron chi connectivity index (χ3n) is 3.18. The van der Waals surface area contributed by atoms with Crippen LogP contribution in [0.25, 0.3) is 11.4 Å². The van der Waals surface area contributed by atoms with Crippen LogP contribution in [0.2, 0.25) is 0 Å². The fraction of sp³-hybridized carbons (Fsp3) is 0.214. The largest absolute Gasteiger partial charge is 0.478 e. The molecule has 1 heterocycles. The van der Waals surface area contributed by atoms with Crippen LogP contribution in [0, 0.1) is 5.82 Å². The fourth-order valence-corrected chi connectivity index (χ4v) is 2.45. The molecule has 4 nitrogen and oxygen atoms in total. The highest BCUT2D eigenvalue weighted by molar-refractivity contribution is 9.10. The van der Waals surface area contributed by atoms with Crippen LogP contribution < -0.4 is 0 Å². The normalized spacial score (nSPS) is 14.3. The van der Waals surface area contributed by atoms with E-state index in [0.717, 1.165) is 12.8 Å². The smallest absolute Gasteiger partial charge is 0.339 e. The number of carboxylic acid groups (broad SMARTS) is 1. The van der Waals surface area contributed by atoms with Crippen molar-refractivity contribution in [2.75, 3.05) is 0 Å². The maximum absolute atomic E-state index is 13.3. The van der Waals surface area contributed by atoms with E-state index < -0.39 is 5.97 Å². The number of benzene rings is 1. The second kappa shape index (κ2) is 4.94. The van der Waals surface area contributed by atoms with Crippen LogP contribution in [0.4, 0.5) is 4.39 Å². The molecule has 0 atom stereocenters. The van der Waals surface area contributed by atoms with Gasteiger partial charge in [-0.15, -0.1) is 0 Å². The number of halogens is 2. The minimum Gasteiger partial charge on any atom is -0.478 e. The van der Waals surface area contributed by atoms with Crippen molar-refractivity contribution < 1.29 is 14.3 Å². The van der Waals surface area contributed by atoms with Crippen LogP contribution in [0.15, 0.2) is 28.9 Å². The van der Waals surface area contributed by atoms with Gasteiger partial charge < -0.3 is 5.11 Å². The molecule has 3 rings (SSSR count). The molecule has 1 fully saturated rings. The standard InChI is InChI=1S/C14H10BrFN2O2/c15-11-4-3-8(16)5-9(11)13-17-6-10(14(19)20)12(18-13)7-1-2-7/h3-7H,1-2H2,(H,19,20). The molecular weight excluding hydrogens is 327 g/mol. The summed E-state index contributed by atoms with van der Waals surface area (Å²) in [7, 11) is 0. The van der Waals surface area contributed by atoms with Crippen LogP contribution in [0.3, 0.4) is 0 Å². The van der Waals surface area contributed by atoms with Crippen LogP contribution in [0.1, 0.15) is 34.8 Å². The SMILES string of the molecule is O=C(O)c1cnc(-c2cc(F)ccc2Br)nc1C1CC1. The van der Waals surface area contributed by atoms with E-state index in [4.69, 9.17) is 5.11 Å². The van der Waals surface area contributed by atoms with E-state index in [9.17, 15) is 9.18 Å². The van der Waals surface area contributed by atoms with Gasteiger partial charge in [0.15, 0.2) is 5.82 Å². The van der Waals surface area contributed by atoms with Gasteiger partial charge in [0.2, 0.25) is 0 Å². The van der Waals surface area contributed by atoms with Crippen molar-refractivity contribution in [1.82, 2.24) is 9.97 Å². The lowest BCUT2D eigenvalue weighted by molar-refractivity contribution is 0.0694. The molecule has 0 amide bonds. The van der Waals surface area contributed by atoms with Crippen LogP contribution in [-0.2, 0) is 0 Å². The van der Waals surface area contributed by atoms with Crippen molar-refractivity contribution in [3.63, 3.8) is 0 Å². The van der Waals surface area contributed by atoms with Gasteiger partial charge in [0, 0.05) is 22.2 Å². The average molecular weight is 337 g/mol. The van der Waals surface area contributed by atoms with Gasteiger partial charge in [-0.25, -0.2) is 19.2 Å². The van der Waals surface area contributed by atoms with Gasteiger partial charge in [-0.05, 0) is 31.0 Å². The van der Waals surface area contributed by atoms with Gasteiger partial charge in [-0.3, -0.25) is 0 Å². The Balaban J connectivity index is 2.13. The third kappa shape index (κ3) is 2.43. The van der Waals surface area contributed by atoms with Crippen LogP contribution in [0.5, 0.6) is 0 Å². The molecule has 0 bridgehead atoms. The molecular formula is C14H10BrFN2O2. The molecule has 6 heteroatoms. The Kier molecular flexibility index (Phi) is 3.25. The van der Waals surface area contributed by atoms with E-state index in [0.29, 0.717) is 21.6 Å². The van der Waals surface area contributed by atoms with Gasteiger partial charge in [0.05, 0.1) is 11.3 Å². The molecule has 2 aromatic rings. The zero-order valence-electron chi connectivity index (χ0n) is 10.3. The maximum atomic E-state index is 13.3. The Morgan fingerprint density at radius 1 is 1.40 bits per heavy atom. The van der Waals surface area contributed by atoms with Gasteiger partial charge in [-0.1, -0.05) is 15.9 Å². The van der Waals surface area contributed by atoms with Gasteiger partial charge in [0.25, 0.3) is 0 Å². The summed E-state index contributed by atoms with van der Waals surface area (Å²) >= 11 is 3.33. The number of rotatable bonds is 3. The lowest BCUT2D eigenvalue weighted by atomic mass is 10.1. The number of aromatic nitrogens is 2. The molecule has 0 spiro atoms. The summed E-state index contributed by atoms with van der Waals surface area (Å²) in [5, 5.41) is 9.15. The van der Waals surface area contributed by atoms with E-state index in [1.807, 2.05) is 0 Å².